The first-order valence-corrected chi connectivity index (χ1v) is 8.24. The lowest BCUT2D eigenvalue weighted by Gasteiger charge is -2.31. The van der Waals surface area contributed by atoms with Crippen LogP contribution in [-0.2, 0) is 9.59 Å². The van der Waals surface area contributed by atoms with Gasteiger partial charge < -0.3 is 15.5 Å². The molecule has 2 aliphatic carbocycles. The maximum Gasteiger partial charge on any atom is 0.310 e. The van der Waals surface area contributed by atoms with Crippen LogP contribution in [0.25, 0.3) is 0 Å². The first kappa shape index (κ1) is 16.3. The Kier molecular flexibility index (Phi) is 5.62. The van der Waals surface area contributed by atoms with Crippen LogP contribution >= 0.6 is 0 Å². The third kappa shape index (κ3) is 4.19. The number of amides is 1. The summed E-state index contributed by atoms with van der Waals surface area (Å²) in [5.41, 5.74) is -0.903. The minimum Gasteiger partial charge on any atom is -0.481 e. The van der Waals surface area contributed by atoms with Gasteiger partial charge in [-0.2, -0.15) is 0 Å². The van der Waals surface area contributed by atoms with Crippen LogP contribution in [0, 0.1) is 5.41 Å². The Bertz CT molecular complexity index is 374. The van der Waals surface area contributed by atoms with E-state index in [-0.39, 0.29) is 18.4 Å². The topological polar surface area (TPSA) is 86.6 Å². The molecule has 0 aromatic rings. The number of aliphatic carboxylic acids is 1. The highest BCUT2D eigenvalue weighted by Crippen LogP contribution is 2.38. The van der Waals surface area contributed by atoms with Crippen LogP contribution in [0.4, 0.5) is 0 Å². The number of nitrogens with one attached hydrogen (secondary N) is 1. The van der Waals surface area contributed by atoms with E-state index < -0.39 is 17.5 Å². The lowest BCUT2D eigenvalue weighted by Crippen LogP contribution is -2.47. The molecule has 0 bridgehead atoms. The Morgan fingerprint density at radius 1 is 1.00 bits per heavy atom. The van der Waals surface area contributed by atoms with Gasteiger partial charge in [-0.05, 0) is 25.7 Å². The van der Waals surface area contributed by atoms with Gasteiger partial charge in [0.15, 0.2) is 0 Å². The highest BCUT2D eigenvalue weighted by molar-refractivity contribution is 5.85. The zero-order valence-electron chi connectivity index (χ0n) is 12.6. The minimum atomic E-state index is -0.903. The van der Waals surface area contributed by atoms with Gasteiger partial charge in [-0.3, -0.25) is 9.59 Å². The molecule has 0 unspecified atom stereocenters. The summed E-state index contributed by atoms with van der Waals surface area (Å²) in [6, 6.07) is -0.206. The molecule has 2 saturated carbocycles. The Labute approximate surface area is 126 Å². The van der Waals surface area contributed by atoms with Crippen LogP contribution in [0.5, 0.6) is 0 Å². The van der Waals surface area contributed by atoms with Gasteiger partial charge in [0, 0.05) is 6.42 Å². The van der Waals surface area contributed by atoms with Gasteiger partial charge in [-0.25, -0.2) is 0 Å². The van der Waals surface area contributed by atoms with E-state index in [0.717, 1.165) is 51.4 Å². The lowest BCUT2D eigenvalue weighted by atomic mass is 9.77. The van der Waals surface area contributed by atoms with Crippen LogP contribution in [0.2, 0.25) is 0 Å². The van der Waals surface area contributed by atoms with Crippen molar-refractivity contribution in [1.29, 1.82) is 0 Å². The smallest absolute Gasteiger partial charge is 0.310 e. The Hall–Kier alpha value is -1.10. The summed E-state index contributed by atoms with van der Waals surface area (Å²) in [6.07, 6.45) is 8.10. The van der Waals surface area contributed by atoms with Crippen LogP contribution < -0.4 is 5.32 Å². The van der Waals surface area contributed by atoms with Crippen molar-refractivity contribution < 1.29 is 19.8 Å². The van der Waals surface area contributed by atoms with Gasteiger partial charge in [0.2, 0.25) is 5.91 Å². The number of carboxylic acids is 1. The highest BCUT2D eigenvalue weighted by Gasteiger charge is 2.41. The summed E-state index contributed by atoms with van der Waals surface area (Å²) in [5.74, 6) is -1.06. The van der Waals surface area contributed by atoms with Gasteiger partial charge >= 0.3 is 5.97 Å². The molecule has 2 rings (SSSR count). The van der Waals surface area contributed by atoms with Crippen molar-refractivity contribution in [3.63, 3.8) is 0 Å². The molecule has 1 amide bonds. The number of carbonyl (C=O) groups excluding carboxylic acids is 1. The van der Waals surface area contributed by atoms with Crippen molar-refractivity contribution in [2.45, 2.75) is 82.8 Å². The van der Waals surface area contributed by atoms with E-state index >= 15 is 0 Å². The predicted octanol–water partition coefficient (Wildman–Crippen LogP) is 2.22. The van der Waals surface area contributed by atoms with Crippen molar-refractivity contribution in [3.8, 4) is 0 Å². The number of rotatable bonds is 4. The normalized spacial score (nSPS) is 29.4. The zero-order valence-corrected chi connectivity index (χ0v) is 12.6. The molecule has 120 valence electrons. The van der Waals surface area contributed by atoms with Crippen LogP contribution in [0.1, 0.15) is 70.6 Å². The fraction of sp³-hybridized carbons (Fsp3) is 0.875. The first-order valence-electron chi connectivity index (χ1n) is 8.24. The minimum absolute atomic E-state index is 0.0472. The summed E-state index contributed by atoms with van der Waals surface area (Å²) in [6.45, 7) is 0. The molecular weight excluding hydrogens is 270 g/mol. The molecule has 5 nitrogen and oxygen atoms in total. The predicted molar refractivity (Wildman–Crippen MR) is 78.8 cm³/mol. The largest absolute Gasteiger partial charge is 0.481 e. The number of aliphatic hydroxyl groups excluding tert-OH is 1. The molecule has 2 fully saturated rings. The van der Waals surface area contributed by atoms with E-state index in [1.54, 1.807) is 0 Å². The molecule has 2 aliphatic rings. The monoisotopic (exact) mass is 297 g/mol. The molecule has 21 heavy (non-hydrogen) atoms. The molecule has 0 saturated heterocycles. The number of carbonyl (C=O) groups is 2. The number of hydrogen-bond donors (Lipinski definition) is 3. The molecule has 0 aromatic heterocycles. The molecule has 0 heterocycles. The maximum absolute atomic E-state index is 12.3. The second kappa shape index (κ2) is 7.25. The summed E-state index contributed by atoms with van der Waals surface area (Å²) in [4.78, 5) is 24.0. The number of hydrogen-bond acceptors (Lipinski definition) is 3. The average molecular weight is 297 g/mol. The second-order valence-corrected chi connectivity index (χ2v) is 6.70. The van der Waals surface area contributed by atoms with Gasteiger partial charge in [-0.15, -0.1) is 0 Å². The molecule has 0 aliphatic heterocycles. The van der Waals surface area contributed by atoms with Crippen molar-refractivity contribution in [1.82, 2.24) is 5.32 Å². The van der Waals surface area contributed by atoms with E-state index in [9.17, 15) is 19.8 Å². The third-order valence-electron chi connectivity index (χ3n) is 5.09. The number of carboxylic acid groups (broad SMARTS) is 1. The van der Waals surface area contributed by atoms with Crippen molar-refractivity contribution in [3.05, 3.63) is 0 Å². The molecule has 0 radical (unpaired) electrons. The molecule has 3 N–H and O–H groups in total. The molecule has 0 aromatic carbocycles. The lowest BCUT2D eigenvalue weighted by molar-refractivity contribution is -0.153. The van der Waals surface area contributed by atoms with Gasteiger partial charge in [0.05, 0.1) is 17.6 Å². The summed E-state index contributed by atoms with van der Waals surface area (Å²) in [7, 11) is 0. The highest BCUT2D eigenvalue weighted by atomic mass is 16.4. The summed E-state index contributed by atoms with van der Waals surface area (Å²) < 4.78 is 0. The third-order valence-corrected chi connectivity index (χ3v) is 5.09. The number of aliphatic hydroxyl groups is 1. The fourth-order valence-corrected chi connectivity index (χ4v) is 3.72. The van der Waals surface area contributed by atoms with E-state index in [0.29, 0.717) is 12.8 Å². The van der Waals surface area contributed by atoms with E-state index in [2.05, 4.69) is 5.32 Å². The van der Waals surface area contributed by atoms with Crippen molar-refractivity contribution in [2.75, 3.05) is 0 Å². The zero-order chi connectivity index (χ0) is 15.3. The van der Waals surface area contributed by atoms with Crippen molar-refractivity contribution in [2.24, 2.45) is 5.41 Å². The Morgan fingerprint density at radius 3 is 2.19 bits per heavy atom. The van der Waals surface area contributed by atoms with Crippen LogP contribution in [-0.4, -0.2) is 34.2 Å². The fourth-order valence-electron chi connectivity index (χ4n) is 3.72. The van der Waals surface area contributed by atoms with Gasteiger partial charge in [0.1, 0.15) is 0 Å². The van der Waals surface area contributed by atoms with Crippen LogP contribution in [0.3, 0.4) is 0 Å². The summed E-state index contributed by atoms with van der Waals surface area (Å²) >= 11 is 0. The first-order chi connectivity index (χ1) is 10.0. The van der Waals surface area contributed by atoms with E-state index in [1.165, 1.54) is 0 Å². The van der Waals surface area contributed by atoms with E-state index in [4.69, 9.17) is 0 Å². The van der Waals surface area contributed by atoms with Crippen LogP contribution in [0.15, 0.2) is 0 Å². The Balaban J connectivity index is 1.96. The summed E-state index contributed by atoms with van der Waals surface area (Å²) in [5, 5.41) is 22.4. The standard InChI is InChI=1S/C16H27NO4/c18-13-8-4-3-7-12(13)17-14(19)11-16(15(20)21)9-5-1-2-6-10-16/h12-13,18H,1-11H2,(H,17,19)(H,20,21)/t12-,13-/m1/s1. The molecule has 2 atom stereocenters. The quantitative estimate of drug-likeness (QED) is 0.694. The van der Waals surface area contributed by atoms with Gasteiger partial charge in [-0.1, -0.05) is 38.5 Å². The molecule has 5 heteroatoms. The van der Waals surface area contributed by atoms with Crippen molar-refractivity contribution >= 4 is 11.9 Å². The molecular formula is C16H27NO4. The SMILES string of the molecule is O=C(CC1(C(=O)O)CCCCCC1)N[C@@H]1CCCC[C@H]1O. The van der Waals surface area contributed by atoms with Gasteiger partial charge in [0.25, 0.3) is 0 Å². The maximum atomic E-state index is 12.3. The van der Waals surface area contributed by atoms with E-state index in [1.807, 2.05) is 0 Å². The second-order valence-electron chi connectivity index (χ2n) is 6.70. The average Bonchev–Trinajstić information content (AvgIpc) is 2.68. The molecule has 0 spiro atoms. The Morgan fingerprint density at radius 2 is 1.62 bits per heavy atom.